The second kappa shape index (κ2) is 6.81. The highest BCUT2D eigenvalue weighted by Crippen LogP contribution is 2.23. The Balaban J connectivity index is 1.56. The fourth-order valence-corrected chi connectivity index (χ4v) is 3.15. The smallest absolute Gasteiger partial charge is 0.313 e. The van der Waals surface area contributed by atoms with Crippen LogP contribution in [0.15, 0.2) is 24.3 Å². The Labute approximate surface area is 135 Å². The normalized spacial score (nSPS) is 18.3. The van der Waals surface area contributed by atoms with E-state index in [9.17, 15) is 14.4 Å². The summed E-state index contributed by atoms with van der Waals surface area (Å²) in [6.45, 7) is 0.730. The molecule has 2 fully saturated rings. The van der Waals surface area contributed by atoms with E-state index >= 15 is 0 Å². The van der Waals surface area contributed by atoms with Crippen LogP contribution in [0.2, 0.25) is 0 Å². The molecule has 3 amide bonds. The molecule has 0 aromatic heterocycles. The number of rotatable bonds is 3. The van der Waals surface area contributed by atoms with Crippen LogP contribution >= 0.6 is 0 Å². The standard InChI is InChI=1S/C17H21N3O3/c21-15-6-3-11-20(15)14-9-7-13(8-10-14)19-17(23)16(22)18-12-4-1-2-5-12/h7-10,12H,1-6,11H2,(H,18,22)(H,19,23). The zero-order chi connectivity index (χ0) is 16.2. The van der Waals surface area contributed by atoms with Crippen LogP contribution in [0.4, 0.5) is 11.4 Å². The summed E-state index contributed by atoms with van der Waals surface area (Å²) < 4.78 is 0. The number of amides is 3. The van der Waals surface area contributed by atoms with Crippen LogP contribution in [0.3, 0.4) is 0 Å². The molecule has 0 unspecified atom stereocenters. The maximum atomic E-state index is 11.9. The van der Waals surface area contributed by atoms with Gasteiger partial charge < -0.3 is 15.5 Å². The molecule has 0 radical (unpaired) electrons. The van der Waals surface area contributed by atoms with Gasteiger partial charge in [-0.05, 0) is 43.5 Å². The van der Waals surface area contributed by atoms with Gasteiger partial charge in [-0.2, -0.15) is 0 Å². The van der Waals surface area contributed by atoms with Gasteiger partial charge in [0.2, 0.25) is 5.91 Å². The van der Waals surface area contributed by atoms with Crippen molar-refractivity contribution in [3.05, 3.63) is 24.3 Å². The molecule has 1 aromatic carbocycles. The topological polar surface area (TPSA) is 78.5 Å². The summed E-state index contributed by atoms with van der Waals surface area (Å²) in [7, 11) is 0. The largest absolute Gasteiger partial charge is 0.345 e. The van der Waals surface area contributed by atoms with Crippen LogP contribution < -0.4 is 15.5 Å². The van der Waals surface area contributed by atoms with E-state index in [0.717, 1.165) is 44.3 Å². The van der Waals surface area contributed by atoms with Crippen molar-refractivity contribution in [2.75, 3.05) is 16.8 Å². The predicted octanol–water partition coefficient (Wildman–Crippen LogP) is 1.81. The van der Waals surface area contributed by atoms with Gasteiger partial charge in [0.15, 0.2) is 0 Å². The highest BCUT2D eigenvalue weighted by atomic mass is 16.2. The molecule has 6 nitrogen and oxygen atoms in total. The highest BCUT2D eigenvalue weighted by Gasteiger charge is 2.23. The number of nitrogens with one attached hydrogen (secondary N) is 2. The van der Waals surface area contributed by atoms with Crippen LogP contribution in [0, 0.1) is 0 Å². The zero-order valence-electron chi connectivity index (χ0n) is 13.0. The van der Waals surface area contributed by atoms with Crippen molar-refractivity contribution < 1.29 is 14.4 Å². The number of carbonyl (C=O) groups excluding carboxylic acids is 3. The molecule has 122 valence electrons. The molecular weight excluding hydrogens is 294 g/mol. The van der Waals surface area contributed by atoms with Crippen molar-refractivity contribution in [2.24, 2.45) is 0 Å². The summed E-state index contributed by atoms with van der Waals surface area (Å²) in [4.78, 5) is 37.2. The summed E-state index contributed by atoms with van der Waals surface area (Å²) in [5.74, 6) is -1.12. The lowest BCUT2D eigenvalue weighted by Crippen LogP contribution is -2.40. The molecule has 1 saturated heterocycles. The summed E-state index contributed by atoms with van der Waals surface area (Å²) in [6.07, 6.45) is 5.54. The highest BCUT2D eigenvalue weighted by molar-refractivity contribution is 6.39. The van der Waals surface area contributed by atoms with Crippen LogP contribution in [0.25, 0.3) is 0 Å². The van der Waals surface area contributed by atoms with Crippen molar-refractivity contribution in [3.63, 3.8) is 0 Å². The van der Waals surface area contributed by atoms with Gasteiger partial charge in [0, 0.05) is 30.4 Å². The minimum atomic E-state index is -0.651. The SMILES string of the molecule is O=C(Nc1ccc(N2CCCC2=O)cc1)C(=O)NC1CCCC1. The summed E-state index contributed by atoms with van der Waals surface area (Å²) in [5.41, 5.74) is 1.37. The zero-order valence-corrected chi connectivity index (χ0v) is 13.0. The Morgan fingerprint density at radius 3 is 2.30 bits per heavy atom. The molecule has 0 atom stereocenters. The lowest BCUT2D eigenvalue weighted by Gasteiger charge is -2.16. The van der Waals surface area contributed by atoms with Crippen LogP contribution in [-0.2, 0) is 14.4 Å². The fraction of sp³-hybridized carbons (Fsp3) is 0.471. The molecule has 1 aliphatic carbocycles. The maximum absolute atomic E-state index is 11.9. The van der Waals surface area contributed by atoms with E-state index in [1.54, 1.807) is 29.2 Å². The van der Waals surface area contributed by atoms with Crippen molar-refractivity contribution in [3.8, 4) is 0 Å². The number of anilines is 2. The van der Waals surface area contributed by atoms with E-state index in [4.69, 9.17) is 0 Å². The van der Waals surface area contributed by atoms with E-state index in [1.165, 1.54) is 0 Å². The molecule has 2 aliphatic rings. The van der Waals surface area contributed by atoms with Crippen LogP contribution in [0.5, 0.6) is 0 Å². The second-order valence-corrected chi connectivity index (χ2v) is 6.10. The molecule has 0 bridgehead atoms. The first-order valence-corrected chi connectivity index (χ1v) is 8.16. The second-order valence-electron chi connectivity index (χ2n) is 6.10. The van der Waals surface area contributed by atoms with Gasteiger partial charge in [-0.15, -0.1) is 0 Å². The van der Waals surface area contributed by atoms with Crippen molar-refractivity contribution in [1.82, 2.24) is 5.32 Å². The molecule has 2 N–H and O–H groups in total. The minimum Gasteiger partial charge on any atom is -0.345 e. The number of hydrogen-bond acceptors (Lipinski definition) is 3. The van der Waals surface area contributed by atoms with Gasteiger partial charge in [0.1, 0.15) is 0 Å². The average molecular weight is 315 g/mol. The van der Waals surface area contributed by atoms with Gasteiger partial charge in [-0.1, -0.05) is 12.8 Å². The third kappa shape index (κ3) is 3.70. The molecule has 23 heavy (non-hydrogen) atoms. The number of hydrogen-bond donors (Lipinski definition) is 2. The Morgan fingerprint density at radius 2 is 1.70 bits per heavy atom. The molecule has 6 heteroatoms. The van der Waals surface area contributed by atoms with Crippen molar-refractivity contribution in [2.45, 2.75) is 44.6 Å². The quantitative estimate of drug-likeness (QED) is 0.835. The van der Waals surface area contributed by atoms with Gasteiger partial charge in [0.05, 0.1) is 0 Å². The number of carbonyl (C=O) groups is 3. The Morgan fingerprint density at radius 1 is 1.00 bits per heavy atom. The van der Waals surface area contributed by atoms with Gasteiger partial charge in [-0.25, -0.2) is 0 Å². The van der Waals surface area contributed by atoms with E-state index < -0.39 is 11.8 Å². The first kappa shape index (κ1) is 15.5. The number of benzene rings is 1. The molecule has 1 saturated carbocycles. The maximum Gasteiger partial charge on any atom is 0.313 e. The average Bonchev–Trinajstić information content (AvgIpc) is 3.19. The third-order valence-corrected chi connectivity index (χ3v) is 4.41. The third-order valence-electron chi connectivity index (χ3n) is 4.41. The first-order valence-electron chi connectivity index (χ1n) is 8.16. The number of nitrogens with zero attached hydrogens (tertiary/aromatic N) is 1. The first-order chi connectivity index (χ1) is 11.1. The lowest BCUT2D eigenvalue weighted by atomic mass is 10.2. The van der Waals surface area contributed by atoms with E-state index in [-0.39, 0.29) is 11.9 Å². The van der Waals surface area contributed by atoms with Crippen molar-refractivity contribution in [1.29, 1.82) is 0 Å². The Hall–Kier alpha value is -2.37. The van der Waals surface area contributed by atoms with Crippen LogP contribution in [-0.4, -0.2) is 30.3 Å². The molecule has 3 rings (SSSR count). The monoisotopic (exact) mass is 315 g/mol. The molecule has 1 aromatic rings. The van der Waals surface area contributed by atoms with E-state index in [0.29, 0.717) is 12.1 Å². The molecule has 0 spiro atoms. The predicted molar refractivity (Wildman–Crippen MR) is 87.1 cm³/mol. The summed E-state index contributed by atoms with van der Waals surface area (Å²) >= 11 is 0. The molecular formula is C17H21N3O3. The van der Waals surface area contributed by atoms with E-state index in [1.807, 2.05) is 0 Å². The lowest BCUT2D eigenvalue weighted by molar-refractivity contribution is -0.136. The van der Waals surface area contributed by atoms with Gasteiger partial charge >= 0.3 is 11.8 Å². The van der Waals surface area contributed by atoms with E-state index in [2.05, 4.69) is 10.6 Å². The van der Waals surface area contributed by atoms with Gasteiger partial charge in [-0.3, -0.25) is 14.4 Å². The molecule has 1 heterocycles. The van der Waals surface area contributed by atoms with Crippen LogP contribution in [0.1, 0.15) is 38.5 Å². The Kier molecular flexibility index (Phi) is 4.60. The van der Waals surface area contributed by atoms with Crippen molar-refractivity contribution >= 4 is 29.1 Å². The minimum absolute atomic E-state index is 0.122. The summed E-state index contributed by atoms with van der Waals surface area (Å²) in [6, 6.07) is 7.11. The Bertz CT molecular complexity index is 606. The van der Waals surface area contributed by atoms with Gasteiger partial charge in [0.25, 0.3) is 0 Å². The molecule has 1 aliphatic heterocycles. The fourth-order valence-electron chi connectivity index (χ4n) is 3.15. The summed E-state index contributed by atoms with van der Waals surface area (Å²) in [5, 5.41) is 5.35.